The molecule has 3 heteroatoms. The van der Waals surface area contributed by atoms with E-state index in [4.69, 9.17) is 4.42 Å². The summed E-state index contributed by atoms with van der Waals surface area (Å²) in [5.74, 6) is 0. The van der Waals surface area contributed by atoms with Crippen LogP contribution in [0.2, 0.25) is 0 Å². The Morgan fingerprint density at radius 1 is 0.647 bits per heavy atom. The third-order valence-corrected chi connectivity index (χ3v) is 7.53. The van der Waals surface area contributed by atoms with Crippen molar-refractivity contribution in [2.75, 3.05) is 0 Å². The fraction of sp³-hybridized carbons (Fsp3) is 0.0645. The Morgan fingerprint density at radius 2 is 1.38 bits per heavy atom. The van der Waals surface area contributed by atoms with Crippen LogP contribution in [0.25, 0.3) is 71.1 Å². The molecule has 3 nitrogen and oxygen atoms in total. The molecular formula is C31H21N2O+. The number of pyridine rings is 1. The highest BCUT2D eigenvalue weighted by Gasteiger charge is 2.27. The number of rotatable bonds is 0. The minimum absolute atomic E-state index is 0.924. The van der Waals surface area contributed by atoms with E-state index in [2.05, 4.69) is 114 Å². The number of imidazole rings is 1. The third-order valence-electron chi connectivity index (χ3n) is 7.53. The van der Waals surface area contributed by atoms with Crippen LogP contribution in [0.5, 0.6) is 0 Å². The Labute approximate surface area is 195 Å². The van der Waals surface area contributed by atoms with E-state index < -0.39 is 0 Å². The standard InChI is InChI=1S/C31H21N2O/c1-18-8-7-12-22-21-11-5-6-13-23(21)33-30-24(32(2)31(33)27(18)22)15-17-26-29(30)28-20-10-4-3-9-19(20)14-16-25(28)34-26/h3-17H,1-2H3/q+1. The van der Waals surface area contributed by atoms with Crippen molar-refractivity contribution in [3.8, 4) is 0 Å². The largest absolute Gasteiger partial charge is 0.456 e. The summed E-state index contributed by atoms with van der Waals surface area (Å²) in [4.78, 5) is 0. The maximum atomic E-state index is 6.43. The topological polar surface area (TPSA) is 21.4 Å². The number of aromatic nitrogens is 2. The first kappa shape index (κ1) is 18.1. The summed E-state index contributed by atoms with van der Waals surface area (Å²) in [6, 6.07) is 32.6. The molecule has 3 heterocycles. The monoisotopic (exact) mass is 437 g/mol. The summed E-state index contributed by atoms with van der Waals surface area (Å²) >= 11 is 0. The van der Waals surface area contributed by atoms with Crippen LogP contribution in [-0.2, 0) is 7.05 Å². The quantitative estimate of drug-likeness (QED) is 0.177. The van der Waals surface area contributed by atoms with Gasteiger partial charge in [-0.15, -0.1) is 0 Å². The van der Waals surface area contributed by atoms with Crippen molar-refractivity contribution in [1.82, 2.24) is 4.40 Å². The second-order valence-electron chi connectivity index (χ2n) is 9.30. The van der Waals surface area contributed by atoms with Gasteiger partial charge in [-0.3, -0.25) is 0 Å². The molecule has 0 bridgehead atoms. The summed E-state index contributed by atoms with van der Waals surface area (Å²) in [5, 5.41) is 8.67. The van der Waals surface area contributed by atoms with Crippen LogP contribution < -0.4 is 4.57 Å². The molecule has 0 saturated heterocycles. The van der Waals surface area contributed by atoms with E-state index in [1.807, 2.05) is 0 Å². The molecule has 0 aliphatic heterocycles. The van der Waals surface area contributed by atoms with Crippen LogP contribution in [0.15, 0.2) is 95.4 Å². The lowest BCUT2D eigenvalue weighted by Crippen LogP contribution is -2.27. The summed E-state index contributed by atoms with van der Waals surface area (Å²) in [7, 11) is 2.19. The van der Waals surface area contributed by atoms with Gasteiger partial charge >= 0.3 is 0 Å². The van der Waals surface area contributed by atoms with Crippen LogP contribution in [0.4, 0.5) is 0 Å². The highest BCUT2D eigenvalue weighted by molar-refractivity contribution is 6.26. The molecular weight excluding hydrogens is 416 g/mol. The SMILES string of the molecule is Cc1cccc2c3ccccc3n3c4c5c(ccc4[n+](C)c3c12)oc1ccc2ccccc2c15. The molecule has 5 aromatic carbocycles. The Kier molecular flexibility index (Phi) is 3.27. The van der Waals surface area contributed by atoms with Crippen molar-refractivity contribution >= 4 is 71.1 Å². The molecule has 0 radical (unpaired) electrons. The van der Waals surface area contributed by atoms with Crippen molar-refractivity contribution in [2.45, 2.75) is 6.92 Å². The van der Waals surface area contributed by atoms with Gasteiger partial charge in [0.25, 0.3) is 5.65 Å². The fourth-order valence-electron chi connectivity index (χ4n) is 6.07. The van der Waals surface area contributed by atoms with Crippen molar-refractivity contribution in [3.63, 3.8) is 0 Å². The molecule has 0 aliphatic carbocycles. The molecule has 8 aromatic rings. The first-order chi connectivity index (χ1) is 16.7. The van der Waals surface area contributed by atoms with Crippen LogP contribution >= 0.6 is 0 Å². The second kappa shape index (κ2) is 6.15. The molecule has 0 N–H and O–H groups in total. The van der Waals surface area contributed by atoms with Gasteiger partial charge in [-0.25, -0.2) is 4.57 Å². The van der Waals surface area contributed by atoms with Gasteiger partial charge in [0, 0.05) is 16.2 Å². The molecule has 0 unspecified atom stereocenters. The van der Waals surface area contributed by atoms with Crippen LogP contribution in [-0.4, -0.2) is 4.40 Å². The Bertz CT molecular complexity index is 2140. The molecule has 34 heavy (non-hydrogen) atoms. The van der Waals surface area contributed by atoms with Gasteiger partial charge in [0.2, 0.25) is 0 Å². The van der Waals surface area contributed by atoms with Crippen LogP contribution in [0.3, 0.4) is 0 Å². The molecule has 0 fully saturated rings. The van der Waals surface area contributed by atoms with E-state index >= 15 is 0 Å². The Hall–Kier alpha value is -4.37. The smallest absolute Gasteiger partial charge is 0.295 e. The van der Waals surface area contributed by atoms with E-state index in [1.54, 1.807) is 0 Å². The summed E-state index contributed by atoms with van der Waals surface area (Å²) in [6.45, 7) is 2.21. The predicted molar refractivity (Wildman–Crippen MR) is 141 cm³/mol. The molecule has 160 valence electrons. The highest BCUT2D eigenvalue weighted by Crippen LogP contribution is 2.41. The Morgan fingerprint density at radius 3 is 2.29 bits per heavy atom. The average molecular weight is 438 g/mol. The van der Waals surface area contributed by atoms with E-state index in [9.17, 15) is 0 Å². The zero-order chi connectivity index (χ0) is 22.6. The summed E-state index contributed by atoms with van der Waals surface area (Å²) < 4.78 is 11.2. The van der Waals surface area contributed by atoms with E-state index in [0.717, 1.165) is 11.2 Å². The zero-order valence-electron chi connectivity index (χ0n) is 19.0. The van der Waals surface area contributed by atoms with E-state index in [1.165, 1.54) is 65.5 Å². The van der Waals surface area contributed by atoms with Gasteiger partial charge in [0.05, 0.1) is 17.8 Å². The molecule has 0 atom stereocenters. The van der Waals surface area contributed by atoms with Gasteiger partial charge < -0.3 is 4.42 Å². The molecule has 0 saturated carbocycles. The lowest BCUT2D eigenvalue weighted by Gasteiger charge is -2.07. The number of para-hydroxylation sites is 1. The second-order valence-corrected chi connectivity index (χ2v) is 9.30. The number of furan rings is 1. The van der Waals surface area contributed by atoms with Gasteiger partial charge in [0.1, 0.15) is 16.7 Å². The van der Waals surface area contributed by atoms with Gasteiger partial charge in [-0.2, -0.15) is 4.40 Å². The maximum absolute atomic E-state index is 6.43. The minimum Gasteiger partial charge on any atom is -0.456 e. The summed E-state index contributed by atoms with van der Waals surface area (Å²) in [5.41, 5.74) is 7.96. The normalized spacial score (nSPS) is 12.4. The number of hydrogen-bond acceptors (Lipinski definition) is 1. The maximum Gasteiger partial charge on any atom is 0.295 e. The number of aryl methyl sites for hydroxylation is 2. The average Bonchev–Trinajstić information content (AvgIpc) is 3.40. The van der Waals surface area contributed by atoms with Crippen LogP contribution in [0.1, 0.15) is 5.56 Å². The predicted octanol–water partition coefficient (Wildman–Crippen LogP) is 7.58. The minimum atomic E-state index is 0.924. The number of benzene rings is 5. The highest BCUT2D eigenvalue weighted by atomic mass is 16.3. The molecule has 0 spiro atoms. The third kappa shape index (κ3) is 2.06. The molecule has 8 rings (SSSR count). The van der Waals surface area contributed by atoms with Gasteiger partial charge in [-0.1, -0.05) is 66.7 Å². The summed E-state index contributed by atoms with van der Waals surface area (Å²) in [6.07, 6.45) is 0. The zero-order valence-corrected chi connectivity index (χ0v) is 19.0. The van der Waals surface area contributed by atoms with Crippen molar-refractivity contribution in [2.24, 2.45) is 7.05 Å². The van der Waals surface area contributed by atoms with Crippen molar-refractivity contribution in [3.05, 3.63) is 96.6 Å². The van der Waals surface area contributed by atoms with E-state index in [0.29, 0.717) is 0 Å². The first-order valence-electron chi connectivity index (χ1n) is 11.7. The molecule has 0 aliphatic rings. The lowest BCUT2D eigenvalue weighted by molar-refractivity contribution is -0.617. The Balaban J connectivity index is 1.79. The van der Waals surface area contributed by atoms with Crippen LogP contribution in [0, 0.1) is 6.92 Å². The number of hydrogen-bond donors (Lipinski definition) is 0. The van der Waals surface area contributed by atoms with Crippen molar-refractivity contribution in [1.29, 1.82) is 0 Å². The van der Waals surface area contributed by atoms with Gasteiger partial charge in [0.15, 0.2) is 11.0 Å². The fourth-order valence-corrected chi connectivity index (χ4v) is 6.07. The molecule has 0 amide bonds. The first-order valence-corrected chi connectivity index (χ1v) is 11.7. The number of fused-ring (bicyclic) bond motifs is 14. The van der Waals surface area contributed by atoms with Crippen molar-refractivity contribution < 1.29 is 8.98 Å². The lowest BCUT2D eigenvalue weighted by atomic mass is 10.0. The molecule has 3 aromatic heterocycles. The number of nitrogens with zero attached hydrogens (tertiary/aromatic N) is 2. The van der Waals surface area contributed by atoms with E-state index in [-0.39, 0.29) is 0 Å². The van der Waals surface area contributed by atoms with Gasteiger partial charge in [-0.05, 0) is 47.5 Å².